The van der Waals surface area contributed by atoms with Crippen LogP contribution < -0.4 is 15.3 Å². The van der Waals surface area contributed by atoms with Crippen LogP contribution in [0, 0.1) is 0 Å². The first-order valence-corrected chi connectivity index (χ1v) is 9.57. The molecule has 0 amide bonds. The monoisotopic (exact) mass is 267 g/mol. The van der Waals surface area contributed by atoms with Crippen LogP contribution in [0.1, 0.15) is 13.8 Å². The molecule has 98 valence electrons. The van der Waals surface area contributed by atoms with Crippen molar-refractivity contribution < 1.29 is 0 Å². The van der Waals surface area contributed by atoms with Crippen molar-refractivity contribution in [3.8, 4) is 0 Å². The molecule has 3 rings (SSSR count). The lowest BCUT2D eigenvalue weighted by atomic mass is 10.2. The Bertz CT molecular complexity index is 571. The number of rotatable bonds is 1. The second kappa shape index (κ2) is 4.24. The van der Waals surface area contributed by atoms with Gasteiger partial charge in [-0.3, -0.25) is 0 Å². The van der Waals surface area contributed by atoms with Crippen LogP contribution in [-0.2, 0) is 0 Å². The average molecular weight is 267 g/mol. The van der Waals surface area contributed by atoms with Crippen LogP contribution in [0.2, 0.25) is 12.1 Å². The molecule has 0 unspecified atom stereocenters. The molecule has 0 spiro atoms. The van der Waals surface area contributed by atoms with Gasteiger partial charge in [0.1, 0.15) is 8.07 Å². The minimum absolute atomic E-state index is 0.698. The molecule has 0 N–H and O–H groups in total. The first kappa shape index (κ1) is 12.5. The van der Waals surface area contributed by atoms with Gasteiger partial charge in [-0.1, -0.05) is 56.8 Å². The predicted octanol–water partition coefficient (Wildman–Crippen LogP) is 3.37. The normalized spacial score (nSPS) is 16.2. The smallest absolute Gasteiger partial charge is 0.123 e. The largest absolute Gasteiger partial charge is 0.345 e. The number of fused-ring (bicyclic) bond motifs is 2. The summed E-state index contributed by atoms with van der Waals surface area (Å²) < 4.78 is 0. The van der Waals surface area contributed by atoms with Gasteiger partial charge in [-0.05, 0) is 28.0 Å². The van der Waals surface area contributed by atoms with Gasteiger partial charge in [0.05, 0.1) is 0 Å². The SMILES string of the molecule is CC(C)[Si]1(C)c2ccccc2N(C)c2ccccc21. The van der Waals surface area contributed by atoms with Crippen LogP contribution in [0.3, 0.4) is 0 Å². The van der Waals surface area contributed by atoms with Gasteiger partial charge >= 0.3 is 0 Å². The fourth-order valence-electron chi connectivity index (χ4n) is 3.31. The molecule has 0 radical (unpaired) electrons. The highest BCUT2D eigenvalue weighted by molar-refractivity contribution is 7.04. The fraction of sp³-hybridized carbons (Fsp3) is 0.294. The Morgan fingerprint density at radius 3 is 1.68 bits per heavy atom. The number of para-hydroxylation sites is 2. The molecule has 2 aromatic rings. The summed E-state index contributed by atoms with van der Waals surface area (Å²) in [6, 6.07) is 17.9. The molecule has 0 fully saturated rings. The van der Waals surface area contributed by atoms with E-state index < -0.39 is 8.07 Å². The molecule has 1 aliphatic rings. The molecule has 2 heteroatoms. The third kappa shape index (κ3) is 1.59. The number of nitrogens with zero attached hydrogens (tertiary/aromatic N) is 1. The molecule has 0 atom stereocenters. The summed E-state index contributed by atoms with van der Waals surface area (Å²) in [6.07, 6.45) is 0. The molecule has 0 bridgehead atoms. The van der Waals surface area contributed by atoms with Crippen molar-refractivity contribution in [2.45, 2.75) is 25.9 Å². The van der Waals surface area contributed by atoms with Crippen LogP contribution in [0.4, 0.5) is 11.4 Å². The quantitative estimate of drug-likeness (QED) is 0.716. The van der Waals surface area contributed by atoms with Crippen molar-refractivity contribution in [3.63, 3.8) is 0 Å². The summed E-state index contributed by atoms with van der Waals surface area (Å²) in [4.78, 5) is 2.35. The first-order valence-electron chi connectivity index (χ1n) is 6.99. The zero-order chi connectivity index (χ0) is 13.6. The zero-order valence-corrected chi connectivity index (χ0v) is 13.1. The summed E-state index contributed by atoms with van der Waals surface area (Å²) in [5, 5.41) is 3.15. The first-order chi connectivity index (χ1) is 9.06. The average Bonchev–Trinajstić information content (AvgIpc) is 2.44. The Hall–Kier alpha value is -1.54. The second-order valence-electron chi connectivity index (χ2n) is 5.95. The van der Waals surface area contributed by atoms with Crippen molar-refractivity contribution in [1.82, 2.24) is 0 Å². The molecular weight excluding hydrogens is 246 g/mol. The maximum atomic E-state index is 2.52. The Labute approximate surface area is 116 Å². The van der Waals surface area contributed by atoms with Crippen LogP contribution >= 0.6 is 0 Å². The minimum Gasteiger partial charge on any atom is -0.345 e. The highest BCUT2D eigenvalue weighted by Gasteiger charge is 2.42. The maximum absolute atomic E-state index is 2.52. The number of hydrogen-bond donors (Lipinski definition) is 0. The van der Waals surface area contributed by atoms with Gasteiger partial charge in [0.15, 0.2) is 0 Å². The van der Waals surface area contributed by atoms with Gasteiger partial charge in [-0.25, -0.2) is 0 Å². The minimum atomic E-state index is -1.64. The summed E-state index contributed by atoms with van der Waals surface area (Å²) in [5.41, 5.74) is 3.48. The molecule has 19 heavy (non-hydrogen) atoms. The summed E-state index contributed by atoms with van der Waals surface area (Å²) >= 11 is 0. The number of hydrogen-bond acceptors (Lipinski definition) is 1. The van der Waals surface area contributed by atoms with E-state index in [0.29, 0.717) is 5.54 Å². The van der Waals surface area contributed by atoms with Gasteiger partial charge in [-0.2, -0.15) is 0 Å². The second-order valence-corrected chi connectivity index (χ2v) is 10.6. The zero-order valence-electron chi connectivity index (χ0n) is 12.1. The van der Waals surface area contributed by atoms with Crippen molar-refractivity contribution in [2.75, 3.05) is 11.9 Å². The molecule has 1 heterocycles. The third-order valence-electron chi connectivity index (χ3n) is 4.80. The highest BCUT2D eigenvalue weighted by atomic mass is 28.3. The standard InChI is InChI=1S/C17H21NSi/c1-13(2)19(4)16-11-7-5-9-14(16)18(3)15-10-6-8-12-17(15)19/h5-13H,1-4H3. The van der Waals surface area contributed by atoms with Crippen LogP contribution in [0.5, 0.6) is 0 Å². The van der Waals surface area contributed by atoms with E-state index in [-0.39, 0.29) is 0 Å². The summed E-state index contributed by atoms with van der Waals surface area (Å²) in [5.74, 6) is 0. The highest BCUT2D eigenvalue weighted by Crippen LogP contribution is 2.34. The molecule has 0 aromatic heterocycles. The van der Waals surface area contributed by atoms with Gasteiger partial charge in [-0.15, -0.1) is 0 Å². The van der Waals surface area contributed by atoms with E-state index >= 15 is 0 Å². The van der Waals surface area contributed by atoms with E-state index in [2.05, 4.69) is 80.9 Å². The molecule has 1 aliphatic heterocycles. The summed E-state index contributed by atoms with van der Waals surface area (Å²) in [7, 11) is 0.548. The number of benzene rings is 2. The van der Waals surface area contributed by atoms with Crippen LogP contribution in [0.25, 0.3) is 0 Å². The van der Waals surface area contributed by atoms with Gasteiger partial charge in [0.2, 0.25) is 0 Å². The Morgan fingerprint density at radius 1 is 0.842 bits per heavy atom. The van der Waals surface area contributed by atoms with Gasteiger partial charge < -0.3 is 4.90 Å². The number of anilines is 2. The van der Waals surface area contributed by atoms with Gasteiger partial charge in [0, 0.05) is 18.4 Å². The molecule has 2 aromatic carbocycles. The lowest BCUT2D eigenvalue weighted by Gasteiger charge is -2.43. The van der Waals surface area contributed by atoms with E-state index in [9.17, 15) is 0 Å². The van der Waals surface area contributed by atoms with E-state index in [1.54, 1.807) is 10.4 Å². The van der Waals surface area contributed by atoms with Crippen molar-refractivity contribution in [2.24, 2.45) is 0 Å². The third-order valence-corrected chi connectivity index (χ3v) is 10.2. The van der Waals surface area contributed by atoms with Gasteiger partial charge in [0.25, 0.3) is 0 Å². The van der Waals surface area contributed by atoms with Crippen LogP contribution in [-0.4, -0.2) is 15.1 Å². The van der Waals surface area contributed by atoms with E-state index in [1.807, 2.05) is 0 Å². The molecule has 0 saturated carbocycles. The predicted molar refractivity (Wildman–Crippen MR) is 86.9 cm³/mol. The molecular formula is C17H21NSi. The van der Waals surface area contributed by atoms with E-state index in [1.165, 1.54) is 11.4 Å². The lowest BCUT2D eigenvalue weighted by Crippen LogP contribution is -2.62. The van der Waals surface area contributed by atoms with Crippen molar-refractivity contribution in [1.29, 1.82) is 0 Å². The van der Waals surface area contributed by atoms with E-state index in [0.717, 1.165) is 0 Å². The Morgan fingerprint density at radius 2 is 1.26 bits per heavy atom. The lowest BCUT2D eigenvalue weighted by molar-refractivity contribution is 1.02. The molecule has 1 nitrogen and oxygen atoms in total. The molecule has 0 saturated heterocycles. The fourth-order valence-corrected chi connectivity index (χ4v) is 7.29. The van der Waals surface area contributed by atoms with Crippen molar-refractivity contribution >= 4 is 29.8 Å². The summed E-state index contributed by atoms with van der Waals surface area (Å²) in [6.45, 7) is 7.28. The Kier molecular flexibility index (Phi) is 2.79. The molecule has 0 aliphatic carbocycles. The Balaban J connectivity index is 2.36. The van der Waals surface area contributed by atoms with E-state index in [4.69, 9.17) is 0 Å². The van der Waals surface area contributed by atoms with Crippen molar-refractivity contribution in [3.05, 3.63) is 48.5 Å². The maximum Gasteiger partial charge on any atom is 0.123 e. The topological polar surface area (TPSA) is 3.24 Å². The van der Waals surface area contributed by atoms with Crippen LogP contribution in [0.15, 0.2) is 48.5 Å².